The van der Waals surface area contributed by atoms with Gasteiger partial charge >= 0.3 is 0 Å². The van der Waals surface area contributed by atoms with Crippen LogP contribution in [0.5, 0.6) is 0 Å². The van der Waals surface area contributed by atoms with Crippen LogP contribution in [-0.2, 0) is 4.79 Å². The number of guanidine groups is 1. The van der Waals surface area contributed by atoms with E-state index in [4.69, 9.17) is 5.73 Å². The quantitative estimate of drug-likeness (QED) is 0.514. The Morgan fingerprint density at radius 3 is 2.83 bits per heavy atom. The van der Waals surface area contributed by atoms with Gasteiger partial charge in [0.15, 0.2) is 5.96 Å². The first-order valence-electron chi connectivity index (χ1n) is 5.92. The van der Waals surface area contributed by atoms with Crippen molar-refractivity contribution in [3.05, 3.63) is 35.9 Å². The van der Waals surface area contributed by atoms with E-state index >= 15 is 0 Å². The number of benzene rings is 1. The molecular weight excluding hydrogens is 230 g/mol. The molecule has 18 heavy (non-hydrogen) atoms. The summed E-state index contributed by atoms with van der Waals surface area (Å²) < 4.78 is 0. The number of amides is 1. The van der Waals surface area contributed by atoms with Gasteiger partial charge in [0, 0.05) is 12.6 Å². The summed E-state index contributed by atoms with van der Waals surface area (Å²) in [5.74, 6) is 0.0364. The maximum Gasteiger partial charge on any atom is 0.247 e. The normalized spacial score (nSPS) is 31.2. The Labute approximate surface area is 105 Å². The highest BCUT2D eigenvalue weighted by molar-refractivity contribution is 6.01. The van der Waals surface area contributed by atoms with E-state index in [1.165, 1.54) is 0 Å². The summed E-state index contributed by atoms with van der Waals surface area (Å²) in [7, 11) is 0. The first-order chi connectivity index (χ1) is 8.74. The third-order valence-electron chi connectivity index (χ3n) is 3.24. The molecule has 1 aromatic rings. The third kappa shape index (κ3) is 1.96. The second-order valence-corrected chi connectivity index (χ2v) is 4.46. The first kappa shape index (κ1) is 11.2. The van der Waals surface area contributed by atoms with Crippen LogP contribution >= 0.6 is 0 Å². The fraction of sp³-hybridized carbons (Fsp3) is 0.333. The lowest BCUT2D eigenvalue weighted by atomic mass is 10.0. The number of nitrogens with zero attached hydrogens (tertiary/aromatic N) is 1. The summed E-state index contributed by atoms with van der Waals surface area (Å²) in [5, 5.41) is 9.08. The molecule has 1 aromatic carbocycles. The van der Waals surface area contributed by atoms with E-state index in [1.54, 1.807) is 0 Å². The van der Waals surface area contributed by atoms with Crippen LogP contribution < -0.4 is 21.7 Å². The Morgan fingerprint density at radius 2 is 2.06 bits per heavy atom. The molecule has 2 aliphatic heterocycles. The standard InChI is InChI=1S/C12H15N5O/c13-12-16-10-9(11(18)17-12)15-8(6-14-10)7-4-2-1-3-5-7/h1-5,8-10,14-15H,6H2,(H3,13,16,17,18). The Balaban J connectivity index is 1.80. The van der Waals surface area contributed by atoms with Crippen LogP contribution in [0.25, 0.3) is 0 Å². The van der Waals surface area contributed by atoms with Crippen LogP contribution in [0.4, 0.5) is 0 Å². The molecule has 0 aliphatic carbocycles. The summed E-state index contributed by atoms with van der Waals surface area (Å²) in [5.41, 5.74) is 6.68. The number of fused-ring (bicyclic) bond motifs is 1. The van der Waals surface area contributed by atoms with E-state index in [2.05, 4.69) is 20.9 Å². The molecule has 3 atom stereocenters. The van der Waals surface area contributed by atoms with Gasteiger partial charge in [0.2, 0.25) is 5.91 Å². The van der Waals surface area contributed by atoms with Gasteiger partial charge in [-0.25, -0.2) is 4.99 Å². The zero-order valence-electron chi connectivity index (χ0n) is 9.76. The average Bonchev–Trinajstić information content (AvgIpc) is 2.39. The first-order valence-corrected chi connectivity index (χ1v) is 5.92. The molecule has 6 nitrogen and oxygen atoms in total. The molecule has 0 aromatic heterocycles. The minimum Gasteiger partial charge on any atom is -0.370 e. The fourth-order valence-electron chi connectivity index (χ4n) is 2.35. The lowest BCUT2D eigenvalue weighted by Crippen LogP contribution is -2.66. The van der Waals surface area contributed by atoms with Gasteiger partial charge < -0.3 is 5.73 Å². The van der Waals surface area contributed by atoms with Gasteiger partial charge in [0.05, 0.1) is 0 Å². The summed E-state index contributed by atoms with van der Waals surface area (Å²) in [6.07, 6.45) is -0.279. The van der Waals surface area contributed by atoms with Crippen LogP contribution in [-0.4, -0.2) is 30.6 Å². The SMILES string of the molecule is NC1=NC2NCC(c3ccccc3)NC2C(=O)N1. The van der Waals surface area contributed by atoms with Crippen molar-refractivity contribution in [1.82, 2.24) is 16.0 Å². The average molecular weight is 245 g/mol. The van der Waals surface area contributed by atoms with Crippen molar-refractivity contribution >= 4 is 11.9 Å². The molecule has 5 N–H and O–H groups in total. The summed E-state index contributed by atoms with van der Waals surface area (Å²) >= 11 is 0. The van der Waals surface area contributed by atoms with Gasteiger partial charge in [-0.3, -0.25) is 20.7 Å². The molecular formula is C12H15N5O. The number of rotatable bonds is 1. The van der Waals surface area contributed by atoms with Gasteiger partial charge in [-0.15, -0.1) is 0 Å². The highest BCUT2D eigenvalue weighted by atomic mass is 16.2. The van der Waals surface area contributed by atoms with E-state index in [0.29, 0.717) is 0 Å². The number of hydrogen-bond acceptors (Lipinski definition) is 5. The molecule has 2 aliphatic rings. The van der Waals surface area contributed by atoms with Crippen molar-refractivity contribution in [3.63, 3.8) is 0 Å². The van der Waals surface area contributed by atoms with Crippen LogP contribution in [0.1, 0.15) is 11.6 Å². The Morgan fingerprint density at radius 1 is 1.28 bits per heavy atom. The van der Waals surface area contributed by atoms with Gasteiger partial charge in [-0.1, -0.05) is 30.3 Å². The number of carbonyl (C=O) groups excluding carboxylic acids is 1. The zero-order valence-corrected chi connectivity index (χ0v) is 9.76. The van der Waals surface area contributed by atoms with Crippen LogP contribution in [0.3, 0.4) is 0 Å². The molecule has 1 amide bonds. The number of nitrogens with one attached hydrogen (secondary N) is 3. The van der Waals surface area contributed by atoms with E-state index in [9.17, 15) is 4.79 Å². The molecule has 3 rings (SSSR count). The second-order valence-electron chi connectivity index (χ2n) is 4.46. The molecule has 6 heteroatoms. The lowest BCUT2D eigenvalue weighted by molar-refractivity contribution is -0.123. The van der Waals surface area contributed by atoms with Gasteiger partial charge in [-0.05, 0) is 5.56 Å². The Kier molecular flexibility index (Phi) is 2.73. The molecule has 0 bridgehead atoms. The maximum atomic E-state index is 11.8. The molecule has 0 radical (unpaired) electrons. The molecule has 1 fully saturated rings. The van der Waals surface area contributed by atoms with Crippen molar-refractivity contribution in [2.45, 2.75) is 18.2 Å². The highest BCUT2D eigenvalue weighted by Crippen LogP contribution is 2.18. The second kappa shape index (κ2) is 4.40. The van der Waals surface area contributed by atoms with E-state index in [0.717, 1.165) is 12.1 Å². The zero-order chi connectivity index (χ0) is 12.5. The number of nitrogens with two attached hydrogens (primary N) is 1. The predicted octanol–water partition coefficient (Wildman–Crippen LogP) is -0.940. The third-order valence-corrected chi connectivity index (χ3v) is 3.24. The van der Waals surface area contributed by atoms with Crippen LogP contribution in [0.15, 0.2) is 35.3 Å². The largest absolute Gasteiger partial charge is 0.370 e. The van der Waals surface area contributed by atoms with E-state index in [1.807, 2.05) is 30.3 Å². The molecule has 1 saturated heterocycles. The molecule has 94 valence electrons. The summed E-state index contributed by atoms with van der Waals surface area (Å²) in [4.78, 5) is 16.0. The monoisotopic (exact) mass is 245 g/mol. The summed E-state index contributed by atoms with van der Waals surface area (Å²) in [6.45, 7) is 0.717. The molecule has 2 heterocycles. The smallest absolute Gasteiger partial charge is 0.247 e. The molecule has 3 unspecified atom stereocenters. The minimum atomic E-state index is -0.378. The Bertz CT molecular complexity index is 487. The number of carbonyl (C=O) groups is 1. The van der Waals surface area contributed by atoms with E-state index in [-0.39, 0.29) is 30.1 Å². The minimum absolute atomic E-state index is 0.104. The van der Waals surface area contributed by atoms with Crippen molar-refractivity contribution in [2.75, 3.05) is 6.54 Å². The predicted molar refractivity (Wildman–Crippen MR) is 67.7 cm³/mol. The number of hydrogen-bond donors (Lipinski definition) is 4. The van der Waals surface area contributed by atoms with Gasteiger partial charge in [0.1, 0.15) is 12.2 Å². The van der Waals surface area contributed by atoms with Gasteiger partial charge in [0.25, 0.3) is 0 Å². The van der Waals surface area contributed by atoms with Crippen molar-refractivity contribution in [3.8, 4) is 0 Å². The summed E-state index contributed by atoms with van der Waals surface area (Å²) in [6, 6.07) is 9.75. The van der Waals surface area contributed by atoms with Crippen molar-refractivity contribution in [1.29, 1.82) is 0 Å². The number of piperazine rings is 1. The van der Waals surface area contributed by atoms with Crippen LogP contribution in [0.2, 0.25) is 0 Å². The van der Waals surface area contributed by atoms with Gasteiger partial charge in [-0.2, -0.15) is 0 Å². The lowest BCUT2D eigenvalue weighted by Gasteiger charge is -2.37. The number of aliphatic imine (C=N–C) groups is 1. The van der Waals surface area contributed by atoms with Crippen molar-refractivity contribution in [2.24, 2.45) is 10.7 Å². The molecule has 0 spiro atoms. The topological polar surface area (TPSA) is 91.5 Å². The van der Waals surface area contributed by atoms with E-state index < -0.39 is 0 Å². The highest BCUT2D eigenvalue weighted by Gasteiger charge is 2.37. The van der Waals surface area contributed by atoms with Crippen LogP contribution in [0, 0.1) is 0 Å². The Hall–Kier alpha value is -1.92. The fourth-order valence-corrected chi connectivity index (χ4v) is 2.35. The van der Waals surface area contributed by atoms with Crippen molar-refractivity contribution < 1.29 is 4.79 Å². The maximum absolute atomic E-state index is 11.8. The molecule has 0 saturated carbocycles.